The zero-order chi connectivity index (χ0) is 7.84. The molecule has 2 aliphatic rings. The quantitative estimate of drug-likeness (QED) is 0.524. The molecule has 0 aromatic heterocycles. The molecule has 11 heavy (non-hydrogen) atoms. The number of hydrogen-bond donors (Lipinski definition) is 0. The van der Waals surface area contributed by atoms with Gasteiger partial charge in [-0.05, 0) is 18.3 Å². The number of carbonyl (C=O) groups excluding carboxylic acids is 2. The molecular formula is C9H12O2. The summed E-state index contributed by atoms with van der Waals surface area (Å²) in [5.74, 6) is 1.71. The minimum atomic E-state index is 0.362. The van der Waals surface area contributed by atoms with Crippen LogP contribution < -0.4 is 0 Å². The monoisotopic (exact) mass is 152 g/mol. The molecule has 0 N–H and O–H groups in total. The summed E-state index contributed by atoms with van der Waals surface area (Å²) in [6.45, 7) is 0. The second kappa shape index (κ2) is 2.43. The molecule has 2 fully saturated rings. The van der Waals surface area contributed by atoms with Crippen molar-refractivity contribution in [1.82, 2.24) is 0 Å². The molecule has 2 rings (SSSR count). The molecule has 0 amide bonds. The molecule has 60 valence electrons. The van der Waals surface area contributed by atoms with Gasteiger partial charge in [-0.15, -0.1) is 0 Å². The zero-order valence-corrected chi connectivity index (χ0v) is 6.51. The molecule has 0 aromatic carbocycles. The largest absolute Gasteiger partial charge is 0.300 e. The second-order valence-corrected chi connectivity index (χ2v) is 3.75. The summed E-state index contributed by atoms with van der Waals surface area (Å²) in [4.78, 5) is 22.0. The fourth-order valence-electron chi connectivity index (χ4n) is 2.32. The van der Waals surface area contributed by atoms with E-state index in [1.54, 1.807) is 0 Å². The Morgan fingerprint density at radius 1 is 0.909 bits per heavy atom. The summed E-state index contributed by atoms with van der Waals surface area (Å²) in [5, 5.41) is 0. The van der Waals surface area contributed by atoms with Crippen LogP contribution in [-0.4, -0.2) is 11.6 Å². The molecule has 0 aliphatic heterocycles. The van der Waals surface area contributed by atoms with Crippen LogP contribution in [0.3, 0.4) is 0 Å². The number of rotatable bonds is 0. The molecule has 2 atom stereocenters. The Labute approximate surface area is 66.0 Å². The normalized spacial score (nSPS) is 37.5. The predicted octanol–water partition coefficient (Wildman–Crippen LogP) is 1.33. The third-order valence-electron chi connectivity index (χ3n) is 2.93. The predicted molar refractivity (Wildman–Crippen MR) is 40.1 cm³/mol. The maximum atomic E-state index is 11.0. The van der Waals surface area contributed by atoms with Crippen molar-refractivity contribution in [2.24, 2.45) is 11.8 Å². The van der Waals surface area contributed by atoms with E-state index in [1.165, 1.54) is 0 Å². The van der Waals surface area contributed by atoms with Crippen molar-refractivity contribution in [2.75, 3.05) is 0 Å². The van der Waals surface area contributed by atoms with Gasteiger partial charge in [-0.25, -0.2) is 0 Å². The fourth-order valence-corrected chi connectivity index (χ4v) is 2.32. The average Bonchev–Trinajstić information content (AvgIpc) is 2.27. The first-order valence-electron chi connectivity index (χ1n) is 4.29. The molecule has 0 unspecified atom stereocenters. The van der Waals surface area contributed by atoms with E-state index in [2.05, 4.69) is 0 Å². The van der Waals surface area contributed by atoms with Crippen LogP contribution in [0, 0.1) is 11.8 Å². The second-order valence-electron chi connectivity index (χ2n) is 3.75. The van der Waals surface area contributed by atoms with E-state index < -0.39 is 0 Å². The van der Waals surface area contributed by atoms with E-state index in [0.29, 0.717) is 42.7 Å². The number of ketones is 2. The molecule has 2 aliphatic carbocycles. The van der Waals surface area contributed by atoms with Crippen molar-refractivity contribution in [3.8, 4) is 0 Å². The lowest BCUT2D eigenvalue weighted by Crippen LogP contribution is -2.19. The van der Waals surface area contributed by atoms with Crippen LogP contribution in [0.15, 0.2) is 0 Å². The van der Waals surface area contributed by atoms with Gasteiger partial charge in [0.25, 0.3) is 0 Å². The molecule has 2 saturated carbocycles. The Morgan fingerprint density at radius 2 is 1.55 bits per heavy atom. The first-order valence-corrected chi connectivity index (χ1v) is 4.29. The van der Waals surface area contributed by atoms with Crippen molar-refractivity contribution >= 4 is 11.6 Å². The summed E-state index contributed by atoms with van der Waals surface area (Å²) in [6.07, 6.45) is 3.79. The van der Waals surface area contributed by atoms with Gasteiger partial charge >= 0.3 is 0 Å². The highest BCUT2D eigenvalue weighted by molar-refractivity contribution is 5.85. The van der Waals surface area contributed by atoms with Gasteiger partial charge in [-0.3, -0.25) is 9.59 Å². The Balaban J connectivity index is 2.08. The van der Waals surface area contributed by atoms with Crippen molar-refractivity contribution in [1.29, 1.82) is 0 Å². The van der Waals surface area contributed by atoms with Gasteiger partial charge in [0.1, 0.15) is 11.6 Å². The lowest BCUT2D eigenvalue weighted by molar-refractivity contribution is -0.122. The van der Waals surface area contributed by atoms with Gasteiger partial charge in [0.2, 0.25) is 0 Å². The van der Waals surface area contributed by atoms with E-state index in [-0.39, 0.29) is 0 Å². The molecule has 0 radical (unpaired) electrons. The van der Waals surface area contributed by atoms with Crippen LogP contribution in [0.5, 0.6) is 0 Å². The van der Waals surface area contributed by atoms with Gasteiger partial charge in [-0.1, -0.05) is 0 Å². The van der Waals surface area contributed by atoms with E-state index >= 15 is 0 Å². The minimum Gasteiger partial charge on any atom is -0.300 e. The summed E-state index contributed by atoms with van der Waals surface area (Å²) >= 11 is 0. The van der Waals surface area contributed by atoms with E-state index in [1.807, 2.05) is 0 Å². The summed E-state index contributed by atoms with van der Waals surface area (Å²) in [7, 11) is 0. The third kappa shape index (κ3) is 1.22. The lowest BCUT2D eigenvalue weighted by Gasteiger charge is -2.22. The summed E-state index contributed by atoms with van der Waals surface area (Å²) in [5.41, 5.74) is 0. The van der Waals surface area contributed by atoms with Crippen LogP contribution in [0.1, 0.15) is 32.1 Å². The number of carbonyl (C=O) groups is 2. The van der Waals surface area contributed by atoms with Crippen molar-refractivity contribution in [3.05, 3.63) is 0 Å². The van der Waals surface area contributed by atoms with E-state index in [0.717, 1.165) is 12.8 Å². The molecule has 0 aromatic rings. The number of fused-ring (bicyclic) bond motifs is 1. The Hall–Kier alpha value is -0.660. The molecular weight excluding hydrogens is 140 g/mol. The van der Waals surface area contributed by atoms with Gasteiger partial charge in [0.15, 0.2) is 0 Å². The highest BCUT2D eigenvalue weighted by atomic mass is 16.1. The minimum absolute atomic E-state index is 0.362. The maximum absolute atomic E-state index is 11.0. The Bertz CT molecular complexity index is 206. The van der Waals surface area contributed by atoms with Crippen LogP contribution >= 0.6 is 0 Å². The van der Waals surface area contributed by atoms with Gasteiger partial charge in [-0.2, -0.15) is 0 Å². The molecule has 0 spiro atoms. The highest BCUT2D eigenvalue weighted by Gasteiger charge is 2.36. The molecule has 2 heteroatoms. The summed E-state index contributed by atoms with van der Waals surface area (Å²) in [6, 6.07) is 0. The fraction of sp³-hybridized carbons (Fsp3) is 0.778. The SMILES string of the molecule is O=C1CC[C@@H]2CC(=O)C[C@H]2C1. The molecule has 0 bridgehead atoms. The van der Waals surface area contributed by atoms with E-state index in [9.17, 15) is 9.59 Å². The number of Topliss-reactive ketones (excluding diaryl/α,β-unsaturated/α-hetero) is 2. The zero-order valence-electron chi connectivity index (χ0n) is 6.51. The van der Waals surface area contributed by atoms with Gasteiger partial charge in [0.05, 0.1) is 0 Å². The lowest BCUT2D eigenvalue weighted by atomic mass is 9.81. The topological polar surface area (TPSA) is 34.1 Å². The van der Waals surface area contributed by atoms with Crippen LogP contribution in [0.4, 0.5) is 0 Å². The van der Waals surface area contributed by atoms with Crippen LogP contribution in [0.2, 0.25) is 0 Å². The van der Waals surface area contributed by atoms with Crippen molar-refractivity contribution < 1.29 is 9.59 Å². The molecule has 2 nitrogen and oxygen atoms in total. The summed E-state index contributed by atoms with van der Waals surface area (Å²) < 4.78 is 0. The van der Waals surface area contributed by atoms with Gasteiger partial charge < -0.3 is 0 Å². The third-order valence-corrected chi connectivity index (χ3v) is 2.93. The smallest absolute Gasteiger partial charge is 0.133 e. The average molecular weight is 152 g/mol. The van der Waals surface area contributed by atoms with Crippen LogP contribution in [-0.2, 0) is 9.59 Å². The highest BCUT2D eigenvalue weighted by Crippen LogP contribution is 2.38. The number of hydrogen-bond acceptors (Lipinski definition) is 2. The first-order chi connectivity index (χ1) is 5.25. The maximum Gasteiger partial charge on any atom is 0.133 e. The van der Waals surface area contributed by atoms with Crippen LogP contribution in [0.25, 0.3) is 0 Å². The van der Waals surface area contributed by atoms with Crippen molar-refractivity contribution in [2.45, 2.75) is 32.1 Å². The van der Waals surface area contributed by atoms with Gasteiger partial charge in [0, 0.05) is 25.7 Å². The molecule has 0 saturated heterocycles. The Morgan fingerprint density at radius 3 is 2.36 bits per heavy atom. The van der Waals surface area contributed by atoms with E-state index in [4.69, 9.17) is 0 Å². The molecule has 0 heterocycles. The van der Waals surface area contributed by atoms with Crippen molar-refractivity contribution in [3.63, 3.8) is 0 Å². The Kier molecular flexibility index (Phi) is 1.55. The standard InChI is InChI=1S/C9H12O2/c10-8-2-1-6-3-9(11)5-7(6)4-8/h6-7H,1-5H2/t6-,7-/m1/s1. The first kappa shape index (κ1) is 7.01.